The zero-order valence-corrected chi connectivity index (χ0v) is 17.6. The average molecular weight is 413 g/mol. The molecule has 1 saturated heterocycles. The van der Waals surface area contributed by atoms with Crippen LogP contribution in [0, 0.1) is 5.92 Å². The summed E-state index contributed by atoms with van der Waals surface area (Å²) in [5.41, 5.74) is 0. The van der Waals surface area contributed by atoms with Crippen LogP contribution < -0.4 is 10.1 Å². The van der Waals surface area contributed by atoms with Gasteiger partial charge < -0.3 is 15.0 Å². The lowest BCUT2D eigenvalue weighted by molar-refractivity contribution is -0.119. The molecule has 1 N–H and O–H groups in total. The first-order chi connectivity index (χ1) is 13.0. The quantitative estimate of drug-likeness (QED) is 0.720. The smallest absolute Gasteiger partial charge is 0.217 e. The van der Waals surface area contributed by atoms with Crippen LogP contribution >= 0.6 is 23.2 Å². The summed E-state index contributed by atoms with van der Waals surface area (Å²) in [6.07, 6.45) is 8.25. The first-order valence-electron chi connectivity index (χ1n) is 10.1. The van der Waals surface area contributed by atoms with Gasteiger partial charge in [-0.2, -0.15) is 0 Å². The zero-order valence-electron chi connectivity index (χ0n) is 16.1. The number of halogens is 2. The third-order valence-electron chi connectivity index (χ3n) is 5.85. The Bertz CT molecular complexity index is 625. The summed E-state index contributed by atoms with van der Waals surface area (Å²) in [5.74, 6) is 1.59. The molecule has 0 atom stereocenters. The van der Waals surface area contributed by atoms with Crippen molar-refractivity contribution in [2.24, 2.45) is 5.92 Å². The van der Waals surface area contributed by atoms with Crippen LogP contribution in [0.5, 0.6) is 5.75 Å². The number of piperidine rings is 1. The number of ether oxygens (including phenoxy) is 1. The molecule has 1 aliphatic carbocycles. The van der Waals surface area contributed by atoms with Gasteiger partial charge in [0.05, 0.1) is 5.02 Å². The Morgan fingerprint density at radius 2 is 1.85 bits per heavy atom. The summed E-state index contributed by atoms with van der Waals surface area (Å²) in [6, 6.07) is 5.94. The number of nitrogens with zero attached hydrogens (tertiary/aromatic N) is 1. The van der Waals surface area contributed by atoms with Crippen LogP contribution in [0.4, 0.5) is 0 Å². The van der Waals surface area contributed by atoms with Gasteiger partial charge in [-0.1, -0.05) is 29.3 Å². The fraction of sp³-hybridized carbons (Fsp3) is 0.667. The minimum Gasteiger partial charge on any atom is -0.489 e. The minimum absolute atomic E-state index is 0.0996. The summed E-state index contributed by atoms with van der Waals surface area (Å²) in [7, 11) is 0. The number of likely N-dealkylation sites (tertiary alicyclic amines) is 1. The Kier molecular flexibility index (Phi) is 7.68. The second-order valence-electron chi connectivity index (χ2n) is 7.92. The molecule has 1 amide bonds. The molecule has 6 heteroatoms. The number of carbonyl (C=O) groups excluding carboxylic acids is 1. The highest BCUT2D eigenvalue weighted by Crippen LogP contribution is 2.33. The maximum atomic E-state index is 11.2. The fourth-order valence-electron chi connectivity index (χ4n) is 4.25. The van der Waals surface area contributed by atoms with E-state index < -0.39 is 0 Å². The van der Waals surface area contributed by atoms with E-state index in [2.05, 4.69) is 10.2 Å². The number of nitrogens with one attached hydrogen (secondary N) is 1. The molecule has 2 fully saturated rings. The predicted molar refractivity (Wildman–Crippen MR) is 111 cm³/mol. The van der Waals surface area contributed by atoms with Crippen LogP contribution in [0.3, 0.4) is 0 Å². The van der Waals surface area contributed by atoms with Crippen LogP contribution in [0.2, 0.25) is 10.0 Å². The van der Waals surface area contributed by atoms with E-state index in [9.17, 15) is 4.79 Å². The van der Waals surface area contributed by atoms with Gasteiger partial charge in [0, 0.05) is 26.1 Å². The molecule has 150 valence electrons. The molecule has 3 rings (SSSR count). The number of hydrogen-bond donors (Lipinski definition) is 1. The lowest BCUT2D eigenvalue weighted by Gasteiger charge is -2.34. The van der Waals surface area contributed by atoms with Crippen molar-refractivity contribution in [3.05, 3.63) is 28.2 Å². The number of hydrogen-bond acceptors (Lipinski definition) is 3. The Balaban J connectivity index is 1.34. The van der Waals surface area contributed by atoms with Crippen molar-refractivity contribution in [2.45, 2.75) is 64.0 Å². The molecular formula is C21H30Cl2N2O2. The van der Waals surface area contributed by atoms with Crippen molar-refractivity contribution in [2.75, 3.05) is 19.6 Å². The van der Waals surface area contributed by atoms with Gasteiger partial charge in [0.1, 0.15) is 16.9 Å². The van der Waals surface area contributed by atoms with E-state index in [-0.39, 0.29) is 12.0 Å². The van der Waals surface area contributed by atoms with Crippen molar-refractivity contribution >= 4 is 29.1 Å². The van der Waals surface area contributed by atoms with Crippen molar-refractivity contribution in [3.8, 4) is 5.75 Å². The van der Waals surface area contributed by atoms with E-state index in [1.165, 1.54) is 25.8 Å². The molecule has 0 spiro atoms. The Labute approximate surface area is 172 Å². The molecule has 0 radical (unpaired) electrons. The fourth-order valence-corrected chi connectivity index (χ4v) is 4.59. The van der Waals surface area contributed by atoms with Crippen LogP contribution in [-0.4, -0.2) is 42.6 Å². The SMILES string of the molecule is CC(=O)NC1CCC(CCN2CCC(Oc3cccc(Cl)c3Cl)CC2)CC1. The molecule has 2 aliphatic rings. The Morgan fingerprint density at radius 1 is 1.15 bits per heavy atom. The molecule has 0 bridgehead atoms. The van der Waals surface area contributed by atoms with E-state index in [1.807, 2.05) is 12.1 Å². The van der Waals surface area contributed by atoms with Gasteiger partial charge in [-0.25, -0.2) is 0 Å². The molecule has 0 unspecified atom stereocenters. The van der Waals surface area contributed by atoms with Gasteiger partial charge in [0.15, 0.2) is 0 Å². The van der Waals surface area contributed by atoms with E-state index in [1.54, 1.807) is 13.0 Å². The lowest BCUT2D eigenvalue weighted by atomic mass is 9.84. The third kappa shape index (κ3) is 6.27. The second-order valence-corrected chi connectivity index (χ2v) is 8.70. The highest BCUT2D eigenvalue weighted by atomic mass is 35.5. The van der Waals surface area contributed by atoms with Gasteiger partial charge in [0.2, 0.25) is 5.91 Å². The van der Waals surface area contributed by atoms with E-state index in [4.69, 9.17) is 27.9 Å². The van der Waals surface area contributed by atoms with Gasteiger partial charge >= 0.3 is 0 Å². The Morgan fingerprint density at radius 3 is 2.52 bits per heavy atom. The monoisotopic (exact) mass is 412 g/mol. The minimum atomic E-state index is 0.0996. The van der Waals surface area contributed by atoms with E-state index in [0.717, 1.165) is 44.7 Å². The molecular weight excluding hydrogens is 383 g/mol. The third-order valence-corrected chi connectivity index (χ3v) is 6.65. The van der Waals surface area contributed by atoms with Gasteiger partial charge in [-0.15, -0.1) is 0 Å². The largest absolute Gasteiger partial charge is 0.489 e. The lowest BCUT2D eigenvalue weighted by Crippen LogP contribution is -2.40. The van der Waals surface area contributed by atoms with Crippen molar-refractivity contribution in [1.82, 2.24) is 10.2 Å². The number of rotatable bonds is 6. The highest BCUT2D eigenvalue weighted by Gasteiger charge is 2.24. The topological polar surface area (TPSA) is 41.6 Å². The summed E-state index contributed by atoms with van der Waals surface area (Å²) in [5, 5.41) is 4.11. The van der Waals surface area contributed by atoms with Crippen LogP contribution in [0.25, 0.3) is 0 Å². The summed E-state index contributed by atoms with van der Waals surface area (Å²) >= 11 is 12.3. The normalized spacial score (nSPS) is 24.6. The van der Waals surface area contributed by atoms with Crippen molar-refractivity contribution < 1.29 is 9.53 Å². The van der Waals surface area contributed by atoms with Crippen LogP contribution in [0.1, 0.15) is 51.9 Å². The number of carbonyl (C=O) groups is 1. The molecule has 1 aliphatic heterocycles. The van der Waals surface area contributed by atoms with Crippen LogP contribution in [-0.2, 0) is 4.79 Å². The van der Waals surface area contributed by atoms with Crippen LogP contribution in [0.15, 0.2) is 18.2 Å². The molecule has 4 nitrogen and oxygen atoms in total. The number of benzene rings is 1. The van der Waals surface area contributed by atoms with Gasteiger partial charge in [-0.05, 0) is 69.5 Å². The first-order valence-corrected chi connectivity index (χ1v) is 10.9. The molecule has 0 aromatic heterocycles. The summed E-state index contributed by atoms with van der Waals surface area (Å²) in [6.45, 7) is 4.92. The predicted octanol–water partition coefficient (Wildman–Crippen LogP) is 4.92. The molecule has 1 saturated carbocycles. The first kappa shape index (κ1) is 20.8. The summed E-state index contributed by atoms with van der Waals surface area (Å²) < 4.78 is 6.08. The van der Waals surface area contributed by atoms with E-state index >= 15 is 0 Å². The highest BCUT2D eigenvalue weighted by molar-refractivity contribution is 6.42. The van der Waals surface area contributed by atoms with Gasteiger partial charge in [-0.3, -0.25) is 4.79 Å². The average Bonchev–Trinajstić information content (AvgIpc) is 2.66. The standard InChI is InChI=1S/C21H30Cl2N2O2/c1-15(26)24-17-7-5-16(6-8-17)9-12-25-13-10-18(11-14-25)27-20-4-2-3-19(22)21(20)23/h2-4,16-18H,5-14H2,1H3,(H,24,26). The van der Waals surface area contributed by atoms with Gasteiger partial charge in [0.25, 0.3) is 0 Å². The number of amides is 1. The zero-order chi connectivity index (χ0) is 19.2. The second kappa shape index (κ2) is 9.99. The van der Waals surface area contributed by atoms with Crippen molar-refractivity contribution in [3.63, 3.8) is 0 Å². The summed E-state index contributed by atoms with van der Waals surface area (Å²) in [4.78, 5) is 13.7. The maximum absolute atomic E-state index is 11.2. The Hall–Kier alpha value is -0.970. The molecule has 1 aromatic carbocycles. The molecule has 27 heavy (non-hydrogen) atoms. The van der Waals surface area contributed by atoms with Crippen molar-refractivity contribution in [1.29, 1.82) is 0 Å². The van der Waals surface area contributed by atoms with E-state index in [0.29, 0.717) is 21.8 Å². The maximum Gasteiger partial charge on any atom is 0.217 e. The molecule has 1 aromatic rings. The molecule has 1 heterocycles.